The Bertz CT molecular complexity index is 2070. The molecule has 0 spiro atoms. The van der Waals surface area contributed by atoms with Gasteiger partial charge in [-0.2, -0.15) is 0 Å². The second-order valence-electron chi connectivity index (χ2n) is 17.8. The van der Waals surface area contributed by atoms with Gasteiger partial charge in [-0.3, -0.25) is 9.59 Å². The van der Waals surface area contributed by atoms with Crippen LogP contribution in [0.15, 0.2) is 84.5 Å². The van der Waals surface area contributed by atoms with Crippen molar-refractivity contribution >= 4 is 29.8 Å². The van der Waals surface area contributed by atoms with Crippen molar-refractivity contribution in [1.29, 1.82) is 0 Å². The van der Waals surface area contributed by atoms with E-state index in [1.54, 1.807) is 90.1 Å². The third-order valence-electron chi connectivity index (χ3n) is 13.1. The fourth-order valence-corrected chi connectivity index (χ4v) is 10.1. The van der Waals surface area contributed by atoms with Crippen LogP contribution in [0.4, 0.5) is 4.79 Å². The van der Waals surface area contributed by atoms with Gasteiger partial charge in [0, 0.05) is 39.4 Å². The molecular weight excluding hydrogens is 790 g/mol. The predicted molar refractivity (Wildman–Crippen MR) is 218 cm³/mol. The van der Waals surface area contributed by atoms with Crippen LogP contribution in [-0.4, -0.2) is 114 Å². The van der Waals surface area contributed by atoms with E-state index in [2.05, 4.69) is 11.9 Å². The van der Waals surface area contributed by atoms with E-state index in [1.807, 2.05) is 0 Å². The minimum Gasteiger partial charge on any atom is -0.456 e. The normalized spacial score (nSPS) is 34.1. The first-order valence-corrected chi connectivity index (χ1v) is 20.3. The van der Waals surface area contributed by atoms with Crippen LogP contribution in [0.2, 0.25) is 0 Å². The number of Topliss-reactive ketones (excluding diaryl/α,β-unsaturated/α-hetero) is 1. The molecule has 12 atom stereocenters. The summed E-state index contributed by atoms with van der Waals surface area (Å²) in [6.07, 6.45) is -8.22. The second-order valence-corrected chi connectivity index (χ2v) is 17.8. The number of hydrogen-bond donors (Lipinski definition) is 3. The predicted octanol–water partition coefficient (Wildman–Crippen LogP) is 4.73. The number of aliphatic hydroxyl groups is 2. The first-order chi connectivity index (χ1) is 28.6. The maximum atomic E-state index is 15.6. The maximum absolute atomic E-state index is 15.6. The maximum Gasteiger partial charge on any atom is 0.408 e. The molecular formula is C46H57NO14. The minimum absolute atomic E-state index is 0.103. The van der Waals surface area contributed by atoms with Gasteiger partial charge in [-0.25, -0.2) is 14.4 Å². The van der Waals surface area contributed by atoms with E-state index >= 15 is 4.79 Å². The van der Waals surface area contributed by atoms with Crippen molar-refractivity contribution in [1.82, 2.24) is 5.32 Å². The number of methoxy groups -OCH3 is 2. The molecule has 2 aromatic rings. The largest absolute Gasteiger partial charge is 0.456 e. The summed E-state index contributed by atoms with van der Waals surface area (Å²) in [4.78, 5) is 70.4. The summed E-state index contributed by atoms with van der Waals surface area (Å²) in [6, 6.07) is 15.0. The molecule has 0 aromatic heterocycles. The number of carbonyl (C=O) groups excluding carboxylic acids is 5. The number of esters is 3. The van der Waals surface area contributed by atoms with E-state index in [1.165, 1.54) is 39.4 Å². The molecule has 2 bridgehead atoms. The Kier molecular flexibility index (Phi) is 12.5. The topological polar surface area (TPSA) is 202 Å². The third-order valence-corrected chi connectivity index (χ3v) is 13.1. The molecule has 1 saturated heterocycles. The molecule has 3 aliphatic carbocycles. The van der Waals surface area contributed by atoms with Crippen molar-refractivity contribution in [2.75, 3.05) is 20.8 Å². The zero-order valence-corrected chi connectivity index (χ0v) is 36.1. The van der Waals surface area contributed by atoms with Crippen LogP contribution >= 0.6 is 0 Å². The van der Waals surface area contributed by atoms with Crippen molar-refractivity contribution in [3.8, 4) is 0 Å². The number of benzene rings is 2. The number of alkyl carbamates (subject to hydrolysis) is 1. The van der Waals surface area contributed by atoms with Crippen molar-refractivity contribution in [3.05, 3.63) is 95.6 Å². The highest BCUT2D eigenvalue weighted by molar-refractivity contribution is 5.94. The van der Waals surface area contributed by atoms with Crippen molar-refractivity contribution in [3.63, 3.8) is 0 Å². The smallest absolute Gasteiger partial charge is 0.408 e. The fraction of sp³-hybridized carbons (Fsp3) is 0.543. The molecule has 15 nitrogen and oxygen atoms in total. The van der Waals surface area contributed by atoms with Gasteiger partial charge in [0.1, 0.15) is 35.6 Å². The standard InChI is InChI=1S/C46H57NO14/c1-11-43(7)32-25(2)29(58-40(52)34(49)33(27-18-14-12-15-19-27)47-41(53)61-42(4,5)6)23-46(43,54)38(59-39(51)28-20-16-13-17-21-28)36-44(8,37(50)35(32)56-10)30(55-9)22-31-45(36,24-57-31)60-26(3)48/h11-21,29-31,33-36,38,49,54H,1,22-24H2,2-10H3,(H,47,53)/t29-,30-,31+,33?,34+,35+,36-,38-,43?,44+,45-,46+/m0/s1. The summed E-state index contributed by atoms with van der Waals surface area (Å²) >= 11 is 0. The number of carbonyl (C=O) groups is 5. The SMILES string of the molecule is C=CC1(C)C2=C(C)[C@@H](OC(=O)[C@H](O)C(NC(=O)OC(C)(C)C)c3ccccc3)C[C@@]1(O)[C@@H](OC(=O)c1ccccc1)[C@@H]1[C@]3(OC(C)=O)CO[C@@H]3C[C@H](OC)[C@@]1(C)C(=O)[C@@H]2OC. The summed E-state index contributed by atoms with van der Waals surface area (Å²) in [6.45, 7) is 15.0. The summed E-state index contributed by atoms with van der Waals surface area (Å²) in [5.41, 5.74) is -7.27. The van der Waals surface area contributed by atoms with Crippen LogP contribution in [0.25, 0.3) is 0 Å². The van der Waals surface area contributed by atoms with Crippen molar-refractivity contribution in [2.24, 2.45) is 16.7 Å². The van der Waals surface area contributed by atoms with Crippen LogP contribution in [0, 0.1) is 16.7 Å². The Balaban J connectivity index is 1.54. The monoisotopic (exact) mass is 847 g/mol. The number of fused-ring (bicyclic) bond motifs is 5. The summed E-state index contributed by atoms with van der Waals surface area (Å²) in [7, 11) is 2.75. The molecule has 1 amide bonds. The molecule has 1 heterocycles. The average Bonchev–Trinajstić information content (AvgIpc) is 3.21. The van der Waals surface area contributed by atoms with E-state index in [4.69, 9.17) is 33.2 Å². The zero-order chi connectivity index (χ0) is 44.9. The quantitative estimate of drug-likeness (QED) is 0.159. The molecule has 2 saturated carbocycles. The van der Waals surface area contributed by atoms with E-state index in [0.717, 1.165) is 0 Å². The first-order valence-electron chi connectivity index (χ1n) is 20.3. The summed E-state index contributed by atoms with van der Waals surface area (Å²) in [5.74, 6) is -4.67. The Hall–Kier alpha value is -4.93. The number of ketones is 1. The number of hydrogen-bond acceptors (Lipinski definition) is 14. The molecule has 0 radical (unpaired) electrons. The number of rotatable bonds is 11. The van der Waals surface area contributed by atoms with Crippen LogP contribution in [0.3, 0.4) is 0 Å². The van der Waals surface area contributed by atoms with E-state index in [0.29, 0.717) is 11.1 Å². The lowest BCUT2D eigenvalue weighted by molar-refractivity contribution is -0.346. The Labute approximate surface area is 355 Å². The number of ether oxygens (including phenoxy) is 7. The number of amides is 1. The minimum atomic E-state index is -2.33. The lowest BCUT2D eigenvalue weighted by Gasteiger charge is -2.68. The molecule has 330 valence electrons. The fourth-order valence-electron chi connectivity index (χ4n) is 10.1. The van der Waals surface area contributed by atoms with E-state index in [-0.39, 0.29) is 24.2 Å². The highest BCUT2D eigenvalue weighted by atomic mass is 16.6. The Morgan fingerprint density at radius 3 is 2.13 bits per heavy atom. The molecule has 6 rings (SSSR count). The van der Waals surface area contributed by atoms with Crippen LogP contribution in [0.5, 0.6) is 0 Å². The van der Waals surface area contributed by atoms with Gasteiger partial charge in [-0.1, -0.05) is 54.6 Å². The van der Waals surface area contributed by atoms with Gasteiger partial charge >= 0.3 is 24.0 Å². The highest BCUT2D eigenvalue weighted by Gasteiger charge is 2.78. The molecule has 3 fully saturated rings. The lowest BCUT2D eigenvalue weighted by atomic mass is 9.44. The molecule has 61 heavy (non-hydrogen) atoms. The van der Waals surface area contributed by atoms with Gasteiger partial charge in [0.15, 0.2) is 17.5 Å². The van der Waals surface area contributed by atoms with Gasteiger partial charge in [-0.05, 0) is 70.4 Å². The Morgan fingerprint density at radius 1 is 0.984 bits per heavy atom. The van der Waals surface area contributed by atoms with Gasteiger partial charge in [-0.15, -0.1) is 6.58 Å². The van der Waals surface area contributed by atoms with Gasteiger partial charge in [0.05, 0.1) is 35.6 Å². The molecule has 1 aliphatic heterocycles. The van der Waals surface area contributed by atoms with Gasteiger partial charge in [0.2, 0.25) is 0 Å². The van der Waals surface area contributed by atoms with Gasteiger partial charge < -0.3 is 48.7 Å². The highest BCUT2D eigenvalue weighted by Crippen LogP contribution is 2.65. The number of aliphatic hydroxyl groups excluding tert-OH is 1. The van der Waals surface area contributed by atoms with Crippen LogP contribution in [0.1, 0.15) is 83.3 Å². The van der Waals surface area contributed by atoms with Crippen LogP contribution in [-0.2, 0) is 47.5 Å². The lowest BCUT2D eigenvalue weighted by Crippen LogP contribution is -2.82. The third kappa shape index (κ3) is 7.68. The first kappa shape index (κ1) is 45.6. The van der Waals surface area contributed by atoms with Gasteiger partial charge in [0.25, 0.3) is 0 Å². The Morgan fingerprint density at radius 2 is 1.61 bits per heavy atom. The number of nitrogens with one attached hydrogen (secondary N) is 1. The average molecular weight is 848 g/mol. The molecule has 2 aromatic carbocycles. The zero-order valence-electron chi connectivity index (χ0n) is 36.1. The summed E-state index contributed by atoms with van der Waals surface area (Å²) in [5, 5.41) is 28.1. The second kappa shape index (κ2) is 16.7. The van der Waals surface area contributed by atoms with E-state index in [9.17, 15) is 29.4 Å². The van der Waals surface area contributed by atoms with Crippen LogP contribution < -0.4 is 5.32 Å². The van der Waals surface area contributed by atoms with E-state index < -0.39 is 112 Å². The molecule has 15 heteroatoms. The molecule has 2 unspecified atom stereocenters. The van der Waals surface area contributed by atoms with Crippen molar-refractivity contribution in [2.45, 2.75) is 121 Å². The molecule has 3 N–H and O–H groups in total. The van der Waals surface area contributed by atoms with Crippen molar-refractivity contribution < 1.29 is 67.3 Å². The summed E-state index contributed by atoms with van der Waals surface area (Å²) < 4.78 is 42.4. The molecule has 4 aliphatic rings.